The number of rotatable bonds is 2. The number of aliphatic hydroxyl groups is 1. The number of aliphatic hydroxyl groups excluding tert-OH is 1. The number of hydrogen-bond acceptors (Lipinski definition) is 3. The normalized spacial score (nSPS) is 28.9. The van der Waals surface area contributed by atoms with Crippen LogP contribution in [0.15, 0.2) is 18.2 Å². The van der Waals surface area contributed by atoms with Crippen LogP contribution in [0.25, 0.3) is 0 Å². The van der Waals surface area contributed by atoms with E-state index in [1.165, 1.54) is 0 Å². The zero-order valence-electron chi connectivity index (χ0n) is 13.4. The molecule has 2 heterocycles. The number of benzene rings is 1. The minimum Gasteiger partial charge on any atom is -0.393 e. The number of carbonyl (C=O) groups excluding carboxylic acids is 1. The first kappa shape index (κ1) is 15.5. The summed E-state index contributed by atoms with van der Waals surface area (Å²) in [7, 11) is 0. The van der Waals surface area contributed by atoms with Gasteiger partial charge in [0.2, 0.25) is 0 Å². The van der Waals surface area contributed by atoms with Crippen LogP contribution >= 0.6 is 0 Å². The van der Waals surface area contributed by atoms with Crippen molar-refractivity contribution >= 4 is 5.91 Å². The lowest BCUT2D eigenvalue weighted by Crippen LogP contribution is -2.48. The van der Waals surface area contributed by atoms with Gasteiger partial charge in [-0.05, 0) is 44.7 Å². The number of nitrogens with zero attached hydrogens (tertiary/aromatic N) is 1. The largest absolute Gasteiger partial charge is 0.393 e. The SMILES string of the molecule is Cc1ccc(C)c(C(=O)N2CCC[C@@H]2[C@@H]2COCC[C@H]2O)c1. The summed E-state index contributed by atoms with van der Waals surface area (Å²) in [4.78, 5) is 14.9. The van der Waals surface area contributed by atoms with Crippen molar-refractivity contribution in [2.75, 3.05) is 19.8 Å². The predicted molar refractivity (Wildman–Crippen MR) is 84.9 cm³/mol. The van der Waals surface area contributed by atoms with Gasteiger partial charge in [0.15, 0.2) is 0 Å². The first-order valence-electron chi connectivity index (χ1n) is 8.22. The Hall–Kier alpha value is -1.39. The molecule has 0 spiro atoms. The second-order valence-corrected chi connectivity index (χ2v) is 6.62. The van der Waals surface area contributed by atoms with Crippen molar-refractivity contribution in [1.29, 1.82) is 0 Å². The van der Waals surface area contributed by atoms with Crippen LogP contribution in [-0.2, 0) is 4.74 Å². The summed E-state index contributed by atoms with van der Waals surface area (Å²) < 4.78 is 5.54. The molecule has 0 bridgehead atoms. The molecule has 1 N–H and O–H groups in total. The molecule has 120 valence electrons. The van der Waals surface area contributed by atoms with Crippen molar-refractivity contribution in [2.45, 2.75) is 45.3 Å². The molecule has 1 amide bonds. The Balaban J connectivity index is 1.83. The zero-order chi connectivity index (χ0) is 15.7. The molecule has 2 aliphatic heterocycles. The standard InChI is InChI=1S/C18H25NO3/c1-12-5-6-13(2)14(10-12)18(21)19-8-3-4-16(19)15-11-22-9-7-17(15)20/h5-6,10,15-17,20H,3-4,7-9,11H2,1-2H3/t15-,16+,17+/m0/s1. The molecule has 3 rings (SSSR count). The molecule has 0 aromatic heterocycles. The highest BCUT2D eigenvalue weighted by Gasteiger charge is 2.40. The highest BCUT2D eigenvalue weighted by atomic mass is 16.5. The first-order chi connectivity index (χ1) is 10.6. The average Bonchev–Trinajstić information content (AvgIpc) is 2.99. The quantitative estimate of drug-likeness (QED) is 0.912. The van der Waals surface area contributed by atoms with Crippen LogP contribution in [0.5, 0.6) is 0 Å². The second kappa shape index (κ2) is 6.39. The molecule has 0 unspecified atom stereocenters. The Morgan fingerprint density at radius 3 is 2.91 bits per heavy atom. The van der Waals surface area contributed by atoms with Crippen LogP contribution < -0.4 is 0 Å². The molecule has 22 heavy (non-hydrogen) atoms. The van der Waals surface area contributed by atoms with Crippen molar-refractivity contribution in [1.82, 2.24) is 4.90 Å². The lowest BCUT2D eigenvalue weighted by atomic mass is 9.89. The Morgan fingerprint density at radius 2 is 2.14 bits per heavy atom. The van der Waals surface area contributed by atoms with E-state index in [1.807, 2.05) is 36.9 Å². The molecular formula is C18H25NO3. The van der Waals surface area contributed by atoms with E-state index < -0.39 is 0 Å². The van der Waals surface area contributed by atoms with E-state index in [-0.39, 0.29) is 24.0 Å². The number of likely N-dealkylation sites (tertiary alicyclic amines) is 1. The number of carbonyl (C=O) groups is 1. The molecule has 3 atom stereocenters. The van der Waals surface area contributed by atoms with Gasteiger partial charge in [-0.15, -0.1) is 0 Å². The molecule has 4 heteroatoms. The molecule has 0 saturated carbocycles. The van der Waals surface area contributed by atoms with Gasteiger partial charge in [-0.2, -0.15) is 0 Å². The highest BCUT2D eigenvalue weighted by Crippen LogP contribution is 2.31. The molecule has 2 fully saturated rings. The van der Waals surface area contributed by atoms with Crippen molar-refractivity contribution in [3.8, 4) is 0 Å². The lowest BCUT2D eigenvalue weighted by Gasteiger charge is -2.37. The maximum Gasteiger partial charge on any atom is 0.254 e. The summed E-state index contributed by atoms with van der Waals surface area (Å²) in [6, 6.07) is 6.11. The van der Waals surface area contributed by atoms with E-state index in [9.17, 15) is 9.90 Å². The maximum absolute atomic E-state index is 13.0. The Morgan fingerprint density at radius 1 is 1.32 bits per heavy atom. The van der Waals surface area contributed by atoms with E-state index in [2.05, 4.69) is 0 Å². The smallest absolute Gasteiger partial charge is 0.254 e. The van der Waals surface area contributed by atoms with Crippen molar-refractivity contribution < 1.29 is 14.6 Å². The number of aryl methyl sites for hydroxylation is 2. The summed E-state index contributed by atoms with van der Waals surface area (Å²) in [5, 5.41) is 10.3. The van der Waals surface area contributed by atoms with Gasteiger partial charge in [0.25, 0.3) is 5.91 Å². The Bertz CT molecular complexity index is 557. The van der Waals surface area contributed by atoms with Crippen LogP contribution in [0, 0.1) is 19.8 Å². The van der Waals surface area contributed by atoms with Gasteiger partial charge >= 0.3 is 0 Å². The number of amides is 1. The van der Waals surface area contributed by atoms with Gasteiger partial charge in [-0.3, -0.25) is 4.79 Å². The van der Waals surface area contributed by atoms with Crippen LogP contribution in [0.1, 0.15) is 40.7 Å². The third-order valence-electron chi connectivity index (χ3n) is 5.04. The van der Waals surface area contributed by atoms with E-state index in [1.54, 1.807) is 0 Å². The Kier molecular flexibility index (Phi) is 4.50. The van der Waals surface area contributed by atoms with E-state index in [0.717, 1.165) is 36.1 Å². The number of ether oxygens (including phenoxy) is 1. The minimum absolute atomic E-state index is 0.0466. The summed E-state index contributed by atoms with van der Waals surface area (Å²) >= 11 is 0. The zero-order valence-corrected chi connectivity index (χ0v) is 13.4. The summed E-state index contributed by atoms with van der Waals surface area (Å²) in [6.45, 7) is 5.95. The lowest BCUT2D eigenvalue weighted by molar-refractivity contribution is -0.0589. The van der Waals surface area contributed by atoms with Crippen LogP contribution in [0.3, 0.4) is 0 Å². The van der Waals surface area contributed by atoms with Crippen molar-refractivity contribution in [3.63, 3.8) is 0 Å². The van der Waals surface area contributed by atoms with Crippen LogP contribution in [-0.4, -0.2) is 47.8 Å². The molecule has 1 aromatic carbocycles. The van der Waals surface area contributed by atoms with Gasteiger partial charge < -0.3 is 14.7 Å². The Labute approximate surface area is 132 Å². The summed E-state index contributed by atoms with van der Waals surface area (Å²) in [6.07, 6.45) is 2.28. The number of hydrogen-bond donors (Lipinski definition) is 1. The van der Waals surface area contributed by atoms with Gasteiger partial charge in [-0.1, -0.05) is 17.7 Å². The minimum atomic E-state index is -0.356. The van der Waals surface area contributed by atoms with Gasteiger partial charge in [0, 0.05) is 30.7 Å². The summed E-state index contributed by atoms with van der Waals surface area (Å²) in [5.41, 5.74) is 2.91. The monoisotopic (exact) mass is 303 g/mol. The third-order valence-corrected chi connectivity index (χ3v) is 5.04. The fourth-order valence-corrected chi connectivity index (χ4v) is 3.73. The van der Waals surface area contributed by atoms with Crippen molar-refractivity contribution in [2.24, 2.45) is 5.92 Å². The maximum atomic E-state index is 13.0. The first-order valence-corrected chi connectivity index (χ1v) is 8.22. The molecule has 0 aliphatic carbocycles. The molecular weight excluding hydrogens is 278 g/mol. The fourth-order valence-electron chi connectivity index (χ4n) is 3.73. The van der Waals surface area contributed by atoms with Crippen molar-refractivity contribution in [3.05, 3.63) is 34.9 Å². The van der Waals surface area contributed by atoms with Gasteiger partial charge in [0.05, 0.1) is 12.7 Å². The van der Waals surface area contributed by atoms with E-state index >= 15 is 0 Å². The molecule has 4 nitrogen and oxygen atoms in total. The van der Waals surface area contributed by atoms with Crippen LogP contribution in [0.2, 0.25) is 0 Å². The average molecular weight is 303 g/mol. The van der Waals surface area contributed by atoms with Gasteiger partial charge in [-0.25, -0.2) is 0 Å². The topological polar surface area (TPSA) is 49.8 Å². The second-order valence-electron chi connectivity index (χ2n) is 6.62. The fraction of sp³-hybridized carbons (Fsp3) is 0.611. The van der Waals surface area contributed by atoms with Crippen LogP contribution in [0.4, 0.5) is 0 Å². The molecule has 0 radical (unpaired) electrons. The predicted octanol–water partition coefficient (Wildman–Crippen LogP) is 2.31. The van der Waals surface area contributed by atoms with Gasteiger partial charge in [0.1, 0.15) is 0 Å². The molecule has 1 aromatic rings. The van der Waals surface area contributed by atoms with E-state index in [0.29, 0.717) is 19.6 Å². The van der Waals surface area contributed by atoms with E-state index in [4.69, 9.17) is 4.74 Å². The molecule has 2 aliphatic rings. The molecule has 2 saturated heterocycles. The third kappa shape index (κ3) is 2.90. The highest BCUT2D eigenvalue weighted by molar-refractivity contribution is 5.96. The summed E-state index contributed by atoms with van der Waals surface area (Å²) in [5.74, 6) is 0.145.